The Bertz CT molecular complexity index is 452. The van der Waals surface area contributed by atoms with Crippen LogP contribution in [0.4, 0.5) is 8.78 Å². The molecule has 0 aromatic heterocycles. The van der Waals surface area contributed by atoms with E-state index in [4.69, 9.17) is 0 Å². The fourth-order valence-electron chi connectivity index (χ4n) is 1.71. The minimum absolute atomic E-state index is 0.0390. The molecule has 1 aromatic rings. The molecule has 0 radical (unpaired) electrons. The number of aliphatic hydroxyl groups excluding tert-OH is 1. The van der Waals surface area contributed by atoms with E-state index in [1.165, 1.54) is 29.2 Å². The fourth-order valence-corrected chi connectivity index (χ4v) is 1.71. The molecule has 7 heteroatoms. The third-order valence-corrected chi connectivity index (χ3v) is 2.88. The summed E-state index contributed by atoms with van der Waals surface area (Å²) >= 11 is 0. The highest BCUT2D eigenvalue weighted by Gasteiger charge is 2.14. The number of hydrogen-bond acceptors (Lipinski definition) is 4. The van der Waals surface area contributed by atoms with Crippen molar-refractivity contribution in [3.8, 4) is 5.75 Å². The minimum Gasteiger partial charge on any atom is -0.435 e. The Balaban J connectivity index is 2.55. The molecule has 1 unspecified atom stereocenters. The Morgan fingerprint density at radius 1 is 1.24 bits per heavy atom. The lowest BCUT2D eigenvalue weighted by atomic mass is 10.1. The summed E-state index contributed by atoms with van der Waals surface area (Å²) in [5.74, 6) is -0.0255. The van der Waals surface area contributed by atoms with Crippen LogP contribution < -0.4 is 4.74 Å². The summed E-state index contributed by atoms with van der Waals surface area (Å²) < 4.78 is 28.3. The third kappa shape index (κ3) is 6.05. The van der Waals surface area contributed by atoms with Gasteiger partial charge in [0, 0.05) is 20.6 Å². The van der Waals surface area contributed by atoms with Gasteiger partial charge in [0.05, 0.1) is 12.6 Å². The van der Waals surface area contributed by atoms with Crippen LogP contribution in [0.25, 0.3) is 0 Å². The molecular formula is C14H20F2N2O3. The molecule has 0 bridgehead atoms. The van der Waals surface area contributed by atoms with Gasteiger partial charge >= 0.3 is 6.61 Å². The van der Waals surface area contributed by atoms with Crippen LogP contribution in [-0.4, -0.2) is 61.7 Å². The number of benzene rings is 1. The second-order valence-electron chi connectivity index (χ2n) is 4.95. The molecule has 1 rings (SSSR count). The van der Waals surface area contributed by atoms with E-state index < -0.39 is 12.7 Å². The lowest BCUT2D eigenvalue weighted by molar-refractivity contribution is -0.129. The van der Waals surface area contributed by atoms with Crippen molar-refractivity contribution in [1.82, 2.24) is 9.80 Å². The SMILES string of the molecule is CN(CC(=O)N(C)C)CC(O)c1ccc(OC(F)F)cc1. The Kier molecular flexibility index (Phi) is 6.51. The number of ether oxygens (including phenoxy) is 1. The van der Waals surface area contributed by atoms with E-state index in [9.17, 15) is 18.7 Å². The maximum atomic E-state index is 12.0. The highest BCUT2D eigenvalue weighted by atomic mass is 19.3. The van der Waals surface area contributed by atoms with Crippen LogP contribution in [0.1, 0.15) is 11.7 Å². The number of carbonyl (C=O) groups excluding carboxylic acids is 1. The molecule has 5 nitrogen and oxygen atoms in total. The first-order valence-electron chi connectivity index (χ1n) is 6.41. The first-order chi connectivity index (χ1) is 9.79. The van der Waals surface area contributed by atoms with Crippen molar-refractivity contribution in [1.29, 1.82) is 0 Å². The molecule has 21 heavy (non-hydrogen) atoms. The van der Waals surface area contributed by atoms with Crippen LogP contribution in [0.15, 0.2) is 24.3 Å². The number of halogens is 2. The zero-order chi connectivity index (χ0) is 16.0. The van der Waals surface area contributed by atoms with Crippen LogP contribution in [-0.2, 0) is 4.79 Å². The third-order valence-electron chi connectivity index (χ3n) is 2.88. The summed E-state index contributed by atoms with van der Waals surface area (Å²) in [6.45, 7) is -2.42. The van der Waals surface area contributed by atoms with Gasteiger partial charge in [0.25, 0.3) is 0 Å². The van der Waals surface area contributed by atoms with Crippen molar-refractivity contribution in [3.05, 3.63) is 29.8 Å². The van der Waals surface area contributed by atoms with E-state index >= 15 is 0 Å². The van der Waals surface area contributed by atoms with Crippen LogP contribution >= 0.6 is 0 Å². The second-order valence-corrected chi connectivity index (χ2v) is 4.95. The van der Waals surface area contributed by atoms with Gasteiger partial charge in [0.15, 0.2) is 0 Å². The van der Waals surface area contributed by atoms with Crippen molar-refractivity contribution < 1.29 is 23.4 Å². The molecule has 118 valence electrons. The van der Waals surface area contributed by atoms with Crippen molar-refractivity contribution in [2.75, 3.05) is 34.2 Å². The van der Waals surface area contributed by atoms with Gasteiger partial charge in [-0.1, -0.05) is 12.1 Å². The molecule has 0 spiro atoms. The molecule has 0 aliphatic carbocycles. The lowest BCUT2D eigenvalue weighted by Gasteiger charge is -2.22. The van der Waals surface area contributed by atoms with Gasteiger partial charge in [-0.05, 0) is 24.7 Å². The predicted molar refractivity (Wildman–Crippen MR) is 74.2 cm³/mol. The number of likely N-dealkylation sites (N-methyl/N-ethyl adjacent to an activating group) is 2. The molecular weight excluding hydrogens is 282 g/mol. The van der Waals surface area contributed by atoms with Crippen LogP contribution in [0.3, 0.4) is 0 Å². The van der Waals surface area contributed by atoms with Crippen LogP contribution in [0.2, 0.25) is 0 Å². The quantitative estimate of drug-likeness (QED) is 0.826. The van der Waals surface area contributed by atoms with Crippen molar-refractivity contribution in [2.24, 2.45) is 0 Å². The number of amides is 1. The number of nitrogens with zero attached hydrogens (tertiary/aromatic N) is 2. The number of alkyl halides is 2. The highest BCUT2D eigenvalue weighted by Crippen LogP contribution is 2.19. The molecule has 0 saturated carbocycles. The molecule has 1 N–H and O–H groups in total. The van der Waals surface area contributed by atoms with E-state index in [-0.39, 0.29) is 24.7 Å². The maximum Gasteiger partial charge on any atom is 0.387 e. The second kappa shape index (κ2) is 7.90. The van der Waals surface area contributed by atoms with Crippen molar-refractivity contribution in [3.63, 3.8) is 0 Å². The number of hydrogen-bond donors (Lipinski definition) is 1. The zero-order valence-electron chi connectivity index (χ0n) is 12.3. The van der Waals surface area contributed by atoms with Crippen LogP contribution in [0.5, 0.6) is 5.75 Å². The van der Waals surface area contributed by atoms with E-state index in [0.29, 0.717) is 5.56 Å². The summed E-state index contributed by atoms with van der Waals surface area (Å²) in [7, 11) is 5.04. The minimum atomic E-state index is -2.87. The Hall–Kier alpha value is -1.73. The predicted octanol–water partition coefficient (Wildman–Crippen LogP) is 1.34. The summed E-state index contributed by atoms with van der Waals surface area (Å²) in [5.41, 5.74) is 0.570. The standard InChI is InChI=1S/C14H20F2N2O3/c1-17(2)13(20)9-18(3)8-12(19)10-4-6-11(7-5-10)21-14(15)16/h4-7,12,14,19H,8-9H2,1-3H3. The molecule has 1 atom stereocenters. The van der Waals surface area contributed by atoms with E-state index in [2.05, 4.69) is 4.74 Å². The van der Waals surface area contributed by atoms with Gasteiger partial charge in [0.2, 0.25) is 5.91 Å². The monoisotopic (exact) mass is 302 g/mol. The fraction of sp³-hybridized carbons (Fsp3) is 0.500. The summed E-state index contributed by atoms with van der Waals surface area (Å²) in [6, 6.07) is 5.78. The molecule has 0 heterocycles. The van der Waals surface area contributed by atoms with Gasteiger partial charge in [-0.25, -0.2) is 0 Å². The summed E-state index contributed by atoms with van der Waals surface area (Å²) in [5, 5.41) is 10.1. The van der Waals surface area contributed by atoms with Gasteiger partial charge in [-0.3, -0.25) is 9.69 Å². The van der Waals surface area contributed by atoms with E-state index in [0.717, 1.165) is 0 Å². The van der Waals surface area contributed by atoms with Gasteiger partial charge < -0.3 is 14.7 Å². The lowest BCUT2D eigenvalue weighted by Crippen LogP contribution is -2.36. The van der Waals surface area contributed by atoms with E-state index in [1.54, 1.807) is 26.0 Å². The number of carbonyl (C=O) groups is 1. The van der Waals surface area contributed by atoms with Gasteiger partial charge in [0.1, 0.15) is 5.75 Å². The normalized spacial score (nSPS) is 12.6. The zero-order valence-corrected chi connectivity index (χ0v) is 12.3. The van der Waals surface area contributed by atoms with Crippen molar-refractivity contribution in [2.45, 2.75) is 12.7 Å². The maximum absolute atomic E-state index is 12.0. The summed E-state index contributed by atoms with van der Waals surface area (Å²) in [6.07, 6.45) is -0.814. The molecule has 0 fully saturated rings. The topological polar surface area (TPSA) is 53.0 Å². The van der Waals surface area contributed by atoms with Gasteiger partial charge in [-0.2, -0.15) is 8.78 Å². The molecule has 0 aliphatic rings. The van der Waals surface area contributed by atoms with Crippen molar-refractivity contribution >= 4 is 5.91 Å². The highest BCUT2D eigenvalue weighted by molar-refractivity contribution is 5.77. The van der Waals surface area contributed by atoms with Gasteiger partial charge in [-0.15, -0.1) is 0 Å². The Labute approximate surface area is 122 Å². The smallest absolute Gasteiger partial charge is 0.387 e. The Morgan fingerprint density at radius 2 is 1.81 bits per heavy atom. The average molecular weight is 302 g/mol. The number of rotatable bonds is 7. The van der Waals surface area contributed by atoms with Crippen LogP contribution in [0, 0.1) is 0 Å². The molecule has 1 amide bonds. The first kappa shape index (κ1) is 17.3. The average Bonchev–Trinajstić information content (AvgIpc) is 2.38. The molecule has 1 aromatic carbocycles. The molecule has 0 saturated heterocycles. The largest absolute Gasteiger partial charge is 0.435 e. The summed E-state index contributed by atoms with van der Waals surface area (Å²) in [4.78, 5) is 14.7. The molecule has 0 aliphatic heterocycles. The first-order valence-corrected chi connectivity index (χ1v) is 6.41. The number of aliphatic hydroxyl groups is 1. The Morgan fingerprint density at radius 3 is 2.29 bits per heavy atom. The van der Waals surface area contributed by atoms with E-state index in [1.807, 2.05) is 0 Å².